The number of aromatic nitrogens is 2. The van der Waals surface area contributed by atoms with E-state index in [4.69, 9.17) is 5.10 Å². The predicted molar refractivity (Wildman–Crippen MR) is 133 cm³/mol. The van der Waals surface area contributed by atoms with Gasteiger partial charge in [0, 0.05) is 37.4 Å². The summed E-state index contributed by atoms with van der Waals surface area (Å²) in [5.41, 5.74) is 6.96. The number of anilines is 1. The summed E-state index contributed by atoms with van der Waals surface area (Å²) in [6, 6.07) is 28.5. The van der Waals surface area contributed by atoms with Gasteiger partial charge in [-0.15, -0.1) is 0 Å². The van der Waals surface area contributed by atoms with Crippen LogP contribution in [-0.2, 0) is 0 Å². The molecule has 5 nitrogen and oxygen atoms in total. The molecule has 0 atom stereocenters. The number of piperazine rings is 1. The second-order valence-corrected chi connectivity index (χ2v) is 8.60. The summed E-state index contributed by atoms with van der Waals surface area (Å²) in [6.07, 6.45) is 0. The Bertz CT molecular complexity index is 1270. The fourth-order valence-electron chi connectivity index (χ4n) is 4.47. The van der Waals surface area contributed by atoms with Gasteiger partial charge in [0.1, 0.15) is 5.69 Å². The predicted octanol–water partition coefficient (Wildman–Crippen LogP) is 5.12. The van der Waals surface area contributed by atoms with Crippen molar-refractivity contribution < 1.29 is 4.79 Å². The number of aryl methyl sites for hydroxylation is 2. The lowest BCUT2D eigenvalue weighted by molar-refractivity contribution is 0.0737. The molecule has 1 aromatic heterocycles. The van der Waals surface area contributed by atoms with Gasteiger partial charge in [-0.3, -0.25) is 4.79 Å². The van der Waals surface area contributed by atoms with Gasteiger partial charge in [-0.1, -0.05) is 60.7 Å². The molecule has 0 bridgehead atoms. The Kier molecular flexibility index (Phi) is 5.69. The van der Waals surface area contributed by atoms with Gasteiger partial charge in [-0.05, 0) is 49.2 Å². The van der Waals surface area contributed by atoms with E-state index in [0.29, 0.717) is 18.8 Å². The molecule has 0 radical (unpaired) electrons. The molecular weight excluding hydrogens is 408 g/mol. The van der Waals surface area contributed by atoms with Gasteiger partial charge >= 0.3 is 0 Å². The molecule has 4 aromatic rings. The molecule has 0 unspecified atom stereocenters. The average Bonchev–Trinajstić information content (AvgIpc) is 3.30. The molecule has 1 amide bonds. The molecule has 33 heavy (non-hydrogen) atoms. The Morgan fingerprint density at radius 2 is 1.52 bits per heavy atom. The molecule has 0 aliphatic carbocycles. The van der Waals surface area contributed by atoms with E-state index in [1.54, 1.807) is 4.68 Å². The second kappa shape index (κ2) is 8.94. The topological polar surface area (TPSA) is 41.4 Å². The van der Waals surface area contributed by atoms with Crippen molar-refractivity contribution in [3.05, 3.63) is 102 Å². The second-order valence-electron chi connectivity index (χ2n) is 8.60. The Labute approximate surface area is 194 Å². The average molecular weight is 437 g/mol. The highest BCUT2D eigenvalue weighted by atomic mass is 16.2. The number of amides is 1. The number of nitrogens with zero attached hydrogens (tertiary/aromatic N) is 4. The van der Waals surface area contributed by atoms with E-state index < -0.39 is 0 Å². The molecule has 1 saturated heterocycles. The molecule has 0 saturated carbocycles. The molecule has 0 N–H and O–H groups in total. The van der Waals surface area contributed by atoms with E-state index in [0.717, 1.165) is 35.6 Å². The van der Waals surface area contributed by atoms with E-state index >= 15 is 0 Å². The number of benzene rings is 3. The first-order valence-electron chi connectivity index (χ1n) is 11.4. The summed E-state index contributed by atoms with van der Waals surface area (Å²) in [5, 5.41) is 4.84. The molecule has 1 aliphatic heterocycles. The van der Waals surface area contributed by atoms with Gasteiger partial charge in [0.15, 0.2) is 0 Å². The summed E-state index contributed by atoms with van der Waals surface area (Å²) in [7, 11) is 0. The van der Waals surface area contributed by atoms with Crippen LogP contribution in [0.3, 0.4) is 0 Å². The molecule has 1 aliphatic rings. The lowest BCUT2D eigenvalue weighted by Gasteiger charge is -2.36. The number of carbonyl (C=O) groups excluding carboxylic acids is 1. The first-order chi connectivity index (χ1) is 16.1. The number of carbonyl (C=O) groups is 1. The number of hydrogen-bond acceptors (Lipinski definition) is 3. The van der Waals surface area contributed by atoms with Crippen molar-refractivity contribution in [2.45, 2.75) is 13.8 Å². The SMILES string of the molecule is Cc1cccc(-n2nc(-c3ccccc3)cc2C(=O)N2CCN(c3ccccc3C)CC2)c1. The standard InChI is InChI=1S/C28H28N4O/c1-21-9-8-13-24(19-21)32-27(20-25(29-32)23-11-4-3-5-12-23)28(33)31-17-15-30(16-18-31)26-14-7-6-10-22(26)2/h3-14,19-20H,15-18H2,1-2H3. The lowest BCUT2D eigenvalue weighted by atomic mass is 10.1. The maximum absolute atomic E-state index is 13.7. The first-order valence-corrected chi connectivity index (χ1v) is 11.4. The van der Waals surface area contributed by atoms with Crippen LogP contribution in [0.5, 0.6) is 0 Å². The maximum atomic E-state index is 13.7. The van der Waals surface area contributed by atoms with Gasteiger partial charge < -0.3 is 9.80 Å². The van der Waals surface area contributed by atoms with Gasteiger partial charge in [-0.2, -0.15) is 5.10 Å². The number of hydrogen-bond donors (Lipinski definition) is 0. The molecule has 3 aromatic carbocycles. The van der Waals surface area contributed by atoms with Crippen LogP contribution in [0.15, 0.2) is 84.9 Å². The smallest absolute Gasteiger partial charge is 0.272 e. The number of para-hydroxylation sites is 1. The minimum absolute atomic E-state index is 0.0237. The maximum Gasteiger partial charge on any atom is 0.272 e. The summed E-state index contributed by atoms with van der Waals surface area (Å²) in [6.45, 7) is 7.21. The molecule has 2 heterocycles. The summed E-state index contributed by atoms with van der Waals surface area (Å²) < 4.78 is 1.80. The fraction of sp³-hybridized carbons (Fsp3) is 0.214. The van der Waals surface area contributed by atoms with Crippen molar-refractivity contribution in [2.75, 3.05) is 31.1 Å². The molecule has 5 rings (SSSR count). The van der Waals surface area contributed by atoms with Gasteiger partial charge in [0.2, 0.25) is 0 Å². The van der Waals surface area contributed by atoms with Crippen LogP contribution in [0.2, 0.25) is 0 Å². The Hall–Kier alpha value is -3.86. The van der Waals surface area contributed by atoms with E-state index in [1.807, 2.05) is 53.4 Å². The van der Waals surface area contributed by atoms with Crippen LogP contribution in [0.25, 0.3) is 16.9 Å². The van der Waals surface area contributed by atoms with Crippen LogP contribution in [0.1, 0.15) is 21.6 Å². The highest BCUT2D eigenvalue weighted by Crippen LogP contribution is 2.25. The molecule has 5 heteroatoms. The summed E-state index contributed by atoms with van der Waals surface area (Å²) in [5.74, 6) is 0.0237. The Balaban J connectivity index is 1.44. The lowest BCUT2D eigenvalue weighted by Crippen LogP contribution is -2.49. The zero-order valence-corrected chi connectivity index (χ0v) is 19.1. The van der Waals surface area contributed by atoms with Crippen molar-refractivity contribution >= 4 is 11.6 Å². The first kappa shape index (κ1) is 21.0. The highest BCUT2D eigenvalue weighted by Gasteiger charge is 2.26. The van der Waals surface area contributed by atoms with Crippen LogP contribution in [-0.4, -0.2) is 46.8 Å². The van der Waals surface area contributed by atoms with Crippen molar-refractivity contribution in [1.82, 2.24) is 14.7 Å². The Morgan fingerprint density at radius 3 is 2.24 bits per heavy atom. The minimum Gasteiger partial charge on any atom is -0.368 e. The van der Waals surface area contributed by atoms with E-state index in [1.165, 1.54) is 11.3 Å². The third-order valence-corrected chi connectivity index (χ3v) is 6.27. The highest BCUT2D eigenvalue weighted by molar-refractivity contribution is 5.94. The fourth-order valence-corrected chi connectivity index (χ4v) is 4.47. The zero-order chi connectivity index (χ0) is 22.8. The van der Waals surface area contributed by atoms with Gasteiger partial charge in [0.05, 0.1) is 11.4 Å². The van der Waals surface area contributed by atoms with Crippen LogP contribution < -0.4 is 4.90 Å². The summed E-state index contributed by atoms with van der Waals surface area (Å²) >= 11 is 0. The molecular formula is C28H28N4O. The normalized spacial score (nSPS) is 13.9. The van der Waals surface area contributed by atoms with Crippen molar-refractivity contribution in [2.24, 2.45) is 0 Å². The third-order valence-electron chi connectivity index (χ3n) is 6.27. The van der Waals surface area contributed by atoms with Crippen molar-refractivity contribution in [3.63, 3.8) is 0 Å². The largest absolute Gasteiger partial charge is 0.368 e. The molecule has 1 fully saturated rings. The van der Waals surface area contributed by atoms with Crippen molar-refractivity contribution in [1.29, 1.82) is 0 Å². The minimum atomic E-state index is 0.0237. The van der Waals surface area contributed by atoms with Gasteiger partial charge in [0.25, 0.3) is 5.91 Å². The van der Waals surface area contributed by atoms with Crippen LogP contribution in [0, 0.1) is 13.8 Å². The van der Waals surface area contributed by atoms with E-state index in [-0.39, 0.29) is 5.91 Å². The van der Waals surface area contributed by atoms with Crippen molar-refractivity contribution in [3.8, 4) is 16.9 Å². The quantitative estimate of drug-likeness (QED) is 0.446. The zero-order valence-electron chi connectivity index (χ0n) is 19.1. The molecule has 166 valence electrons. The van der Waals surface area contributed by atoms with Gasteiger partial charge in [-0.25, -0.2) is 4.68 Å². The third kappa shape index (κ3) is 4.27. The van der Waals surface area contributed by atoms with Crippen LogP contribution in [0.4, 0.5) is 5.69 Å². The van der Waals surface area contributed by atoms with Crippen LogP contribution >= 0.6 is 0 Å². The Morgan fingerprint density at radius 1 is 0.788 bits per heavy atom. The number of rotatable bonds is 4. The van der Waals surface area contributed by atoms with E-state index in [9.17, 15) is 4.79 Å². The molecule has 0 spiro atoms. The van der Waals surface area contributed by atoms with E-state index in [2.05, 4.69) is 55.1 Å². The monoisotopic (exact) mass is 436 g/mol. The summed E-state index contributed by atoms with van der Waals surface area (Å²) in [4.78, 5) is 18.0.